The molecule has 1 aliphatic rings. The highest BCUT2D eigenvalue weighted by Gasteiger charge is 2.53. The zero-order valence-electron chi connectivity index (χ0n) is 14.9. The summed E-state index contributed by atoms with van der Waals surface area (Å²) in [4.78, 5) is 2.37. The lowest BCUT2D eigenvalue weighted by Crippen LogP contribution is -2.51. The highest BCUT2D eigenvalue weighted by atomic mass is 16.5. The van der Waals surface area contributed by atoms with Gasteiger partial charge < -0.3 is 20.1 Å². The van der Waals surface area contributed by atoms with Gasteiger partial charge in [0.25, 0.3) is 0 Å². The van der Waals surface area contributed by atoms with Gasteiger partial charge in [-0.25, -0.2) is 0 Å². The molecule has 0 saturated carbocycles. The molecule has 1 fully saturated rings. The first-order valence-corrected chi connectivity index (χ1v) is 8.55. The molecule has 0 aromatic heterocycles. The molecule has 4 heteroatoms. The summed E-state index contributed by atoms with van der Waals surface area (Å²) in [5.41, 5.74) is -0.295. The summed E-state index contributed by atoms with van der Waals surface area (Å²) in [6.45, 7) is 17.2. The molecule has 126 valence electrons. The maximum Gasteiger partial charge on any atom is 0.0790 e. The van der Waals surface area contributed by atoms with Crippen LogP contribution in [0.25, 0.3) is 0 Å². The molecule has 0 amide bonds. The monoisotopic (exact) mass is 300 g/mol. The van der Waals surface area contributed by atoms with Crippen LogP contribution in [0.2, 0.25) is 0 Å². The molecule has 2 atom stereocenters. The Hall–Kier alpha value is -0.160. The van der Waals surface area contributed by atoms with Gasteiger partial charge in [0.15, 0.2) is 0 Å². The van der Waals surface area contributed by atoms with E-state index in [-0.39, 0.29) is 17.8 Å². The molecular formula is C17H36N2O2. The number of aliphatic hydroxyl groups excluding tert-OH is 1. The normalized spacial score (nSPS) is 27.4. The van der Waals surface area contributed by atoms with Crippen molar-refractivity contribution in [3.63, 3.8) is 0 Å². The van der Waals surface area contributed by atoms with Crippen molar-refractivity contribution in [3.05, 3.63) is 0 Å². The first-order chi connectivity index (χ1) is 9.78. The predicted octanol–water partition coefficient (Wildman–Crippen LogP) is 2.26. The van der Waals surface area contributed by atoms with Crippen LogP contribution in [-0.4, -0.2) is 60.0 Å². The summed E-state index contributed by atoms with van der Waals surface area (Å²) < 4.78 is 6.36. The van der Waals surface area contributed by atoms with Gasteiger partial charge in [0.05, 0.1) is 17.8 Å². The standard InChI is InChI=1S/C17H36N2O2/c1-7-9-18-15-14(13-19(10-8-2)11-12-20)16(3,4)21-17(15,5)6/h14-15,18,20H,7-13H2,1-6H3. The van der Waals surface area contributed by atoms with Crippen LogP contribution in [0.3, 0.4) is 0 Å². The number of hydrogen-bond donors (Lipinski definition) is 2. The fraction of sp³-hybridized carbons (Fsp3) is 1.00. The molecule has 1 heterocycles. The van der Waals surface area contributed by atoms with Crippen molar-refractivity contribution in [2.45, 2.75) is 71.6 Å². The van der Waals surface area contributed by atoms with Crippen LogP contribution in [0, 0.1) is 5.92 Å². The number of aliphatic hydroxyl groups is 1. The minimum Gasteiger partial charge on any atom is -0.395 e. The molecule has 1 aliphatic heterocycles. The third kappa shape index (κ3) is 4.92. The minimum absolute atomic E-state index is 0.143. The van der Waals surface area contributed by atoms with Gasteiger partial charge in [0, 0.05) is 25.0 Å². The Morgan fingerprint density at radius 1 is 1.05 bits per heavy atom. The van der Waals surface area contributed by atoms with Crippen molar-refractivity contribution >= 4 is 0 Å². The number of ether oxygens (including phenoxy) is 1. The topological polar surface area (TPSA) is 44.7 Å². The van der Waals surface area contributed by atoms with Crippen molar-refractivity contribution in [3.8, 4) is 0 Å². The summed E-state index contributed by atoms with van der Waals surface area (Å²) in [7, 11) is 0. The van der Waals surface area contributed by atoms with Gasteiger partial charge in [-0.05, 0) is 53.6 Å². The van der Waals surface area contributed by atoms with E-state index in [4.69, 9.17) is 4.74 Å². The van der Waals surface area contributed by atoms with Crippen LogP contribution in [0.15, 0.2) is 0 Å². The first kappa shape index (κ1) is 18.9. The number of hydrogen-bond acceptors (Lipinski definition) is 4. The van der Waals surface area contributed by atoms with Crippen LogP contribution < -0.4 is 5.32 Å². The molecule has 1 saturated heterocycles. The van der Waals surface area contributed by atoms with Gasteiger partial charge in [-0.15, -0.1) is 0 Å². The second kappa shape index (κ2) is 7.91. The minimum atomic E-state index is -0.152. The van der Waals surface area contributed by atoms with E-state index in [0.29, 0.717) is 12.0 Å². The average molecular weight is 300 g/mol. The number of nitrogens with zero attached hydrogens (tertiary/aromatic N) is 1. The molecule has 2 N–H and O–H groups in total. The van der Waals surface area contributed by atoms with Gasteiger partial charge in [-0.1, -0.05) is 13.8 Å². The zero-order chi connectivity index (χ0) is 16.1. The second-order valence-corrected chi connectivity index (χ2v) is 7.37. The van der Waals surface area contributed by atoms with E-state index in [9.17, 15) is 5.11 Å². The van der Waals surface area contributed by atoms with Crippen molar-refractivity contribution in [2.75, 3.05) is 32.8 Å². The zero-order valence-corrected chi connectivity index (χ0v) is 14.9. The van der Waals surface area contributed by atoms with E-state index in [1.807, 2.05) is 0 Å². The van der Waals surface area contributed by atoms with Gasteiger partial charge in [0.1, 0.15) is 0 Å². The summed E-state index contributed by atoms with van der Waals surface area (Å²) in [5.74, 6) is 0.428. The average Bonchev–Trinajstić information content (AvgIpc) is 2.53. The highest BCUT2D eigenvalue weighted by molar-refractivity contribution is 5.06. The van der Waals surface area contributed by atoms with Crippen molar-refractivity contribution in [2.24, 2.45) is 5.92 Å². The van der Waals surface area contributed by atoms with Crippen LogP contribution in [0.4, 0.5) is 0 Å². The van der Waals surface area contributed by atoms with E-state index in [2.05, 4.69) is 51.8 Å². The number of rotatable bonds is 9. The Morgan fingerprint density at radius 2 is 1.71 bits per heavy atom. The Morgan fingerprint density at radius 3 is 2.24 bits per heavy atom. The van der Waals surface area contributed by atoms with Gasteiger partial charge in [0.2, 0.25) is 0 Å². The number of nitrogens with one attached hydrogen (secondary N) is 1. The molecule has 0 aliphatic carbocycles. The van der Waals surface area contributed by atoms with E-state index in [1.165, 1.54) is 0 Å². The van der Waals surface area contributed by atoms with Crippen molar-refractivity contribution in [1.82, 2.24) is 10.2 Å². The molecule has 2 unspecified atom stereocenters. The molecule has 21 heavy (non-hydrogen) atoms. The van der Waals surface area contributed by atoms with Crippen LogP contribution in [-0.2, 0) is 4.74 Å². The maximum atomic E-state index is 9.29. The largest absolute Gasteiger partial charge is 0.395 e. The fourth-order valence-corrected chi connectivity index (χ4v) is 3.75. The molecule has 1 rings (SSSR count). The van der Waals surface area contributed by atoms with E-state index in [1.54, 1.807) is 0 Å². The van der Waals surface area contributed by atoms with Crippen molar-refractivity contribution < 1.29 is 9.84 Å². The Balaban J connectivity index is 2.86. The third-order valence-electron chi connectivity index (χ3n) is 4.60. The fourth-order valence-electron chi connectivity index (χ4n) is 3.75. The van der Waals surface area contributed by atoms with Crippen LogP contribution >= 0.6 is 0 Å². The lowest BCUT2D eigenvalue weighted by atomic mass is 9.82. The van der Waals surface area contributed by atoms with E-state index >= 15 is 0 Å². The molecule has 0 radical (unpaired) electrons. The van der Waals surface area contributed by atoms with E-state index < -0.39 is 0 Å². The summed E-state index contributed by atoms with van der Waals surface area (Å²) in [5, 5.41) is 13.0. The smallest absolute Gasteiger partial charge is 0.0790 e. The quantitative estimate of drug-likeness (QED) is 0.685. The third-order valence-corrected chi connectivity index (χ3v) is 4.60. The van der Waals surface area contributed by atoms with Gasteiger partial charge in [-0.3, -0.25) is 0 Å². The molecule has 0 aromatic rings. The van der Waals surface area contributed by atoms with Gasteiger partial charge >= 0.3 is 0 Å². The Labute approximate surface area is 131 Å². The molecule has 0 aromatic carbocycles. The highest BCUT2D eigenvalue weighted by Crippen LogP contribution is 2.42. The molecule has 0 spiro atoms. The first-order valence-electron chi connectivity index (χ1n) is 8.55. The lowest BCUT2D eigenvalue weighted by molar-refractivity contribution is -0.0798. The Kier molecular flexibility index (Phi) is 7.11. The summed E-state index contributed by atoms with van der Waals surface area (Å²) >= 11 is 0. The predicted molar refractivity (Wildman–Crippen MR) is 88.6 cm³/mol. The van der Waals surface area contributed by atoms with Crippen molar-refractivity contribution in [1.29, 1.82) is 0 Å². The molecule has 4 nitrogen and oxygen atoms in total. The summed E-state index contributed by atoms with van der Waals surface area (Å²) in [6.07, 6.45) is 2.25. The van der Waals surface area contributed by atoms with Crippen LogP contribution in [0.1, 0.15) is 54.4 Å². The van der Waals surface area contributed by atoms with Gasteiger partial charge in [-0.2, -0.15) is 0 Å². The molecule has 0 bridgehead atoms. The second-order valence-electron chi connectivity index (χ2n) is 7.37. The Bertz CT molecular complexity index is 299. The van der Waals surface area contributed by atoms with E-state index in [0.717, 1.165) is 39.0 Å². The lowest BCUT2D eigenvalue weighted by Gasteiger charge is -2.34. The summed E-state index contributed by atoms with van der Waals surface area (Å²) in [6, 6.07) is 0.352. The molecular weight excluding hydrogens is 264 g/mol. The maximum absolute atomic E-state index is 9.29. The SMILES string of the molecule is CCCNC1C(CN(CCC)CCO)C(C)(C)OC1(C)C. The van der Waals surface area contributed by atoms with Crippen LogP contribution in [0.5, 0.6) is 0 Å².